The van der Waals surface area contributed by atoms with Gasteiger partial charge in [0.15, 0.2) is 0 Å². The van der Waals surface area contributed by atoms with E-state index in [2.05, 4.69) is 4.98 Å². The summed E-state index contributed by atoms with van der Waals surface area (Å²) in [6.45, 7) is 0. The van der Waals surface area contributed by atoms with E-state index in [-0.39, 0.29) is 16.7 Å². The van der Waals surface area contributed by atoms with E-state index in [0.29, 0.717) is 12.1 Å². The molecule has 1 N–H and O–H groups in total. The van der Waals surface area contributed by atoms with Crippen LogP contribution in [0, 0.1) is 11.6 Å². The Balaban J connectivity index is 2.41. The number of alkyl halides is 3. The summed E-state index contributed by atoms with van der Waals surface area (Å²) in [4.78, 5) is 13.7. The molecule has 116 valence electrons. The second-order valence-corrected chi connectivity index (χ2v) is 4.42. The van der Waals surface area contributed by atoms with Gasteiger partial charge in [-0.25, -0.2) is 8.78 Å². The maximum absolute atomic E-state index is 13.9. The van der Waals surface area contributed by atoms with Gasteiger partial charge >= 0.3 is 12.1 Å². The van der Waals surface area contributed by atoms with Gasteiger partial charge in [-0.2, -0.15) is 13.2 Å². The Labute approximate surface area is 121 Å². The number of aromatic nitrogens is 1. The van der Waals surface area contributed by atoms with Crippen molar-refractivity contribution in [1.29, 1.82) is 0 Å². The molecule has 0 saturated carbocycles. The topological polar surface area (TPSA) is 50.2 Å². The Kier molecular flexibility index (Phi) is 4.11. The van der Waals surface area contributed by atoms with Gasteiger partial charge in [-0.1, -0.05) is 6.07 Å². The number of rotatable bonds is 3. The zero-order valence-electron chi connectivity index (χ0n) is 10.8. The third kappa shape index (κ3) is 3.38. The lowest BCUT2D eigenvalue weighted by molar-refractivity contribution is -0.141. The predicted molar refractivity (Wildman–Crippen MR) is 65.9 cm³/mol. The first-order valence-corrected chi connectivity index (χ1v) is 5.92. The van der Waals surface area contributed by atoms with Crippen LogP contribution in [-0.4, -0.2) is 16.1 Å². The van der Waals surface area contributed by atoms with Gasteiger partial charge in [0.2, 0.25) is 0 Å². The van der Waals surface area contributed by atoms with Gasteiger partial charge in [-0.05, 0) is 18.2 Å². The van der Waals surface area contributed by atoms with Crippen molar-refractivity contribution in [3.05, 3.63) is 53.4 Å². The summed E-state index contributed by atoms with van der Waals surface area (Å²) >= 11 is 0. The minimum Gasteiger partial charge on any atom is -0.481 e. The summed E-state index contributed by atoms with van der Waals surface area (Å²) < 4.78 is 64.8. The number of pyridine rings is 1. The number of aliphatic carboxylic acids is 1. The number of halogens is 5. The van der Waals surface area contributed by atoms with E-state index in [1.54, 1.807) is 0 Å². The van der Waals surface area contributed by atoms with Gasteiger partial charge in [0.05, 0.1) is 6.42 Å². The highest BCUT2D eigenvalue weighted by atomic mass is 19.4. The first-order valence-electron chi connectivity index (χ1n) is 5.92. The smallest absolute Gasteiger partial charge is 0.433 e. The minimum atomic E-state index is -4.63. The maximum atomic E-state index is 13.9. The Morgan fingerprint density at radius 2 is 1.82 bits per heavy atom. The highest BCUT2D eigenvalue weighted by Crippen LogP contribution is 2.30. The highest BCUT2D eigenvalue weighted by molar-refractivity contribution is 5.71. The van der Waals surface area contributed by atoms with E-state index in [1.807, 2.05) is 0 Å². The summed E-state index contributed by atoms with van der Waals surface area (Å²) in [5, 5.41) is 8.57. The van der Waals surface area contributed by atoms with Crippen molar-refractivity contribution in [2.24, 2.45) is 0 Å². The lowest BCUT2D eigenvalue weighted by Crippen LogP contribution is -2.07. The van der Waals surface area contributed by atoms with E-state index in [0.717, 1.165) is 18.3 Å². The van der Waals surface area contributed by atoms with Crippen LogP contribution in [0.3, 0.4) is 0 Å². The number of nitrogens with zero attached hydrogens (tertiary/aromatic N) is 1. The normalized spacial score (nSPS) is 11.5. The van der Waals surface area contributed by atoms with Crippen LogP contribution < -0.4 is 0 Å². The lowest BCUT2D eigenvalue weighted by atomic mass is 10.0. The standard InChI is InChI=1S/C14H8F5NO2/c15-10-5-9(11(16)3-8(10)4-13(21)22)7-1-2-12(20-6-7)14(17,18)19/h1-3,5-6H,4H2,(H,21,22). The van der Waals surface area contributed by atoms with Crippen molar-refractivity contribution in [2.75, 3.05) is 0 Å². The average molecular weight is 317 g/mol. The Morgan fingerprint density at radius 1 is 1.14 bits per heavy atom. The van der Waals surface area contributed by atoms with Gasteiger partial charge in [0.25, 0.3) is 0 Å². The van der Waals surface area contributed by atoms with Crippen LogP contribution in [0.1, 0.15) is 11.3 Å². The minimum absolute atomic E-state index is 0.0497. The van der Waals surface area contributed by atoms with Crippen molar-refractivity contribution in [1.82, 2.24) is 4.98 Å². The highest BCUT2D eigenvalue weighted by Gasteiger charge is 2.32. The fourth-order valence-corrected chi connectivity index (χ4v) is 1.83. The number of carboxylic acid groups (broad SMARTS) is 1. The molecule has 0 unspecified atom stereocenters. The van der Waals surface area contributed by atoms with Crippen LogP contribution in [0.2, 0.25) is 0 Å². The molecule has 0 amide bonds. The van der Waals surface area contributed by atoms with Gasteiger partial charge < -0.3 is 5.11 Å². The Bertz CT molecular complexity index is 710. The van der Waals surface area contributed by atoms with Crippen molar-refractivity contribution >= 4 is 5.97 Å². The molecule has 0 saturated heterocycles. The molecule has 3 nitrogen and oxygen atoms in total. The molecule has 1 heterocycles. The van der Waals surface area contributed by atoms with Gasteiger partial charge in [0, 0.05) is 22.9 Å². The molecule has 0 radical (unpaired) electrons. The zero-order valence-corrected chi connectivity index (χ0v) is 10.8. The molecule has 2 rings (SSSR count). The maximum Gasteiger partial charge on any atom is 0.433 e. The van der Waals surface area contributed by atoms with Gasteiger partial charge in [-0.15, -0.1) is 0 Å². The fourth-order valence-electron chi connectivity index (χ4n) is 1.83. The molecule has 0 aliphatic heterocycles. The molecular formula is C14H8F5NO2. The van der Waals surface area contributed by atoms with Crippen LogP contribution in [0.25, 0.3) is 11.1 Å². The van der Waals surface area contributed by atoms with Crippen molar-refractivity contribution in [2.45, 2.75) is 12.6 Å². The van der Waals surface area contributed by atoms with Crippen LogP contribution in [0.5, 0.6) is 0 Å². The molecular weight excluding hydrogens is 309 g/mol. The Morgan fingerprint density at radius 3 is 2.32 bits per heavy atom. The van der Waals surface area contributed by atoms with Gasteiger partial charge in [-0.3, -0.25) is 9.78 Å². The molecule has 0 aliphatic rings. The van der Waals surface area contributed by atoms with Crippen LogP contribution in [0.4, 0.5) is 22.0 Å². The molecule has 2 aromatic rings. The third-order valence-electron chi connectivity index (χ3n) is 2.84. The van der Waals surface area contributed by atoms with Crippen LogP contribution in [-0.2, 0) is 17.4 Å². The van der Waals surface area contributed by atoms with Crippen LogP contribution >= 0.6 is 0 Å². The molecule has 0 aliphatic carbocycles. The van der Waals surface area contributed by atoms with Crippen LogP contribution in [0.15, 0.2) is 30.5 Å². The van der Waals surface area contributed by atoms with E-state index >= 15 is 0 Å². The summed E-state index contributed by atoms with van der Waals surface area (Å²) in [5.74, 6) is -3.24. The van der Waals surface area contributed by atoms with E-state index < -0.39 is 35.9 Å². The number of carbonyl (C=O) groups is 1. The second kappa shape index (κ2) is 5.70. The lowest BCUT2D eigenvalue weighted by Gasteiger charge is -2.09. The monoisotopic (exact) mass is 317 g/mol. The summed E-state index contributed by atoms with van der Waals surface area (Å²) in [7, 11) is 0. The Hall–Kier alpha value is -2.51. The SMILES string of the molecule is O=C(O)Cc1cc(F)c(-c2ccc(C(F)(F)F)nc2)cc1F. The molecule has 8 heteroatoms. The first-order chi connectivity index (χ1) is 10.2. The molecule has 1 aromatic heterocycles. The second-order valence-electron chi connectivity index (χ2n) is 4.42. The summed E-state index contributed by atoms with van der Waals surface area (Å²) in [5.41, 5.74) is -1.85. The number of carboxylic acids is 1. The van der Waals surface area contributed by atoms with Gasteiger partial charge in [0.1, 0.15) is 17.3 Å². The fraction of sp³-hybridized carbons (Fsp3) is 0.143. The summed E-state index contributed by atoms with van der Waals surface area (Å²) in [6, 6.07) is 3.05. The average Bonchev–Trinajstić information content (AvgIpc) is 2.41. The molecule has 0 fully saturated rings. The third-order valence-corrected chi connectivity index (χ3v) is 2.84. The first kappa shape index (κ1) is 15.9. The molecule has 0 bridgehead atoms. The zero-order chi connectivity index (χ0) is 16.5. The molecule has 22 heavy (non-hydrogen) atoms. The number of hydrogen-bond donors (Lipinski definition) is 1. The predicted octanol–water partition coefficient (Wildman–Crippen LogP) is 3.67. The van der Waals surface area contributed by atoms with Crippen molar-refractivity contribution in [3.8, 4) is 11.1 Å². The van der Waals surface area contributed by atoms with Crippen molar-refractivity contribution < 1.29 is 31.9 Å². The number of hydrogen-bond acceptors (Lipinski definition) is 2. The molecule has 0 spiro atoms. The van der Waals surface area contributed by atoms with E-state index in [4.69, 9.17) is 5.11 Å². The van der Waals surface area contributed by atoms with E-state index in [9.17, 15) is 26.7 Å². The quantitative estimate of drug-likeness (QED) is 0.879. The summed E-state index contributed by atoms with van der Waals surface area (Å²) in [6.07, 6.45) is -4.56. The van der Waals surface area contributed by atoms with E-state index in [1.165, 1.54) is 0 Å². The van der Waals surface area contributed by atoms with Crippen molar-refractivity contribution in [3.63, 3.8) is 0 Å². The number of benzene rings is 1. The molecule has 1 aromatic carbocycles. The molecule has 0 atom stereocenters. The largest absolute Gasteiger partial charge is 0.481 e.